The second-order valence-corrected chi connectivity index (χ2v) is 7.40. The van der Waals surface area contributed by atoms with Crippen LogP contribution < -0.4 is 4.74 Å². The average Bonchev–Trinajstić information content (AvgIpc) is 3.11. The van der Waals surface area contributed by atoms with Crippen LogP contribution in [0.1, 0.15) is 17.6 Å². The van der Waals surface area contributed by atoms with E-state index in [1.165, 1.54) is 29.7 Å². The standard InChI is InChI=1S/C13H14F2N4O4S/c1-19-5-4-10(24(19,20)21)13-17-12(18-23-13)9-3-2-8(6-16-9)22-7-11(14)15/h2-3,6,10-11H,4-5,7H2,1H3. The van der Waals surface area contributed by atoms with E-state index in [0.29, 0.717) is 18.7 Å². The first-order valence-corrected chi connectivity index (χ1v) is 8.54. The molecule has 3 rings (SSSR count). The van der Waals surface area contributed by atoms with Crippen molar-refractivity contribution >= 4 is 10.0 Å². The largest absolute Gasteiger partial charge is 0.486 e. The molecule has 1 fully saturated rings. The highest BCUT2D eigenvalue weighted by Crippen LogP contribution is 2.34. The maximum absolute atomic E-state index is 12.1. The van der Waals surface area contributed by atoms with E-state index in [0.717, 1.165) is 0 Å². The predicted molar refractivity (Wildman–Crippen MR) is 77.9 cm³/mol. The fourth-order valence-corrected chi connectivity index (χ4v) is 3.82. The minimum absolute atomic E-state index is 0.00850. The first kappa shape index (κ1) is 16.7. The third-order valence-electron chi connectivity index (χ3n) is 3.56. The van der Waals surface area contributed by atoms with Gasteiger partial charge in [0.15, 0.2) is 5.25 Å². The summed E-state index contributed by atoms with van der Waals surface area (Å²) < 4.78 is 59.5. The van der Waals surface area contributed by atoms with E-state index in [-0.39, 0.29) is 17.5 Å². The van der Waals surface area contributed by atoms with Gasteiger partial charge in [-0.2, -0.15) is 4.98 Å². The average molecular weight is 360 g/mol. The lowest BCUT2D eigenvalue weighted by atomic mass is 10.3. The number of nitrogens with zero attached hydrogens (tertiary/aromatic N) is 4. The molecule has 1 unspecified atom stereocenters. The number of pyridine rings is 1. The van der Waals surface area contributed by atoms with Crippen LogP contribution in [0.15, 0.2) is 22.9 Å². The predicted octanol–water partition coefficient (Wildman–Crippen LogP) is 1.48. The molecule has 3 heterocycles. The van der Waals surface area contributed by atoms with E-state index in [2.05, 4.69) is 15.1 Å². The van der Waals surface area contributed by atoms with Gasteiger partial charge in [0.1, 0.15) is 18.1 Å². The van der Waals surface area contributed by atoms with Crippen LogP contribution in [0.5, 0.6) is 5.75 Å². The lowest BCUT2D eigenvalue weighted by Crippen LogP contribution is -2.22. The van der Waals surface area contributed by atoms with Crippen molar-refractivity contribution in [3.05, 3.63) is 24.2 Å². The molecule has 0 bridgehead atoms. The molecular formula is C13H14F2N4O4S. The van der Waals surface area contributed by atoms with E-state index in [9.17, 15) is 17.2 Å². The Labute approximate surface area is 136 Å². The van der Waals surface area contributed by atoms with Crippen molar-refractivity contribution in [2.24, 2.45) is 0 Å². The summed E-state index contributed by atoms with van der Waals surface area (Å²) in [5.41, 5.74) is 0.318. The molecular weight excluding hydrogens is 346 g/mol. The summed E-state index contributed by atoms with van der Waals surface area (Å²) in [6.45, 7) is -0.334. The third kappa shape index (κ3) is 3.22. The summed E-state index contributed by atoms with van der Waals surface area (Å²) in [4.78, 5) is 8.09. The Balaban J connectivity index is 1.76. The SMILES string of the molecule is CN1CCC(c2nc(-c3ccc(OCC(F)F)cn3)no2)S1(=O)=O. The van der Waals surface area contributed by atoms with Crippen LogP contribution in [0.25, 0.3) is 11.5 Å². The molecule has 1 aliphatic rings. The van der Waals surface area contributed by atoms with Crippen LogP contribution in [0.3, 0.4) is 0 Å². The van der Waals surface area contributed by atoms with Gasteiger partial charge in [-0.25, -0.2) is 26.5 Å². The molecule has 24 heavy (non-hydrogen) atoms. The van der Waals surface area contributed by atoms with Crippen molar-refractivity contribution in [2.75, 3.05) is 20.2 Å². The van der Waals surface area contributed by atoms with Crippen molar-refractivity contribution < 1.29 is 26.5 Å². The molecule has 1 aliphatic heterocycles. The number of alkyl halides is 2. The minimum atomic E-state index is -3.48. The maximum atomic E-state index is 12.1. The van der Waals surface area contributed by atoms with E-state index < -0.39 is 28.3 Å². The molecule has 2 aromatic rings. The quantitative estimate of drug-likeness (QED) is 0.796. The molecule has 0 N–H and O–H groups in total. The normalized spacial score (nSPS) is 20.6. The molecule has 0 aromatic carbocycles. The van der Waals surface area contributed by atoms with Crippen molar-refractivity contribution in [1.29, 1.82) is 0 Å². The Morgan fingerprint density at radius 1 is 1.46 bits per heavy atom. The number of hydrogen-bond donors (Lipinski definition) is 0. The zero-order valence-corrected chi connectivity index (χ0v) is 13.4. The molecule has 0 saturated carbocycles. The Kier molecular flexibility index (Phi) is 4.45. The van der Waals surface area contributed by atoms with E-state index >= 15 is 0 Å². The molecule has 0 amide bonds. The van der Waals surface area contributed by atoms with Gasteiger partial charge in [-0.1, -0.05) is 5.16 Å². The van der Waals surface area contributed by atoms with Crippen molar-refractivity contribution in [3.8, 4) is 17.3 Å². The van der Waals surface area contributed by atoms with Crippen LogP contribution in [0.2, 0.25) is 0 Å². The molecule has 8 nitrogen and oxygen atoms in total. The van der Waals surface area contributed by atoms with Gasteiger partial charge >= 0.3 is 0 Å². The Morgan fingerprint density at radius 3 is 2.83 bits per heavy atom. The Bertz CT molecular complexity index is 810. The summed E-state index contributed by atoms with van der Waals surface area (Å²) in [6, 6.07) is 2.92. The second-order valence-electron chi connectivity index (χ2n) is 5.18. The van der Waals surface area contributed by atoms with Crippen LogP contribution in [-0.4, -0.2) is 54.5 Å². The van der Waals surface area contributed by atoms with Crippen molar-refractivity contribution in [3.63, 3.8) is 0 Å². The fourth-order valence-electron chi connectivity index (χ4n) is 2.27. The number of sulfonamides is 1. The molecule has 0 radical (unpaired) electrons. The molecule has 0 aliphatic carbocycles. The van der Waals surface area contributed by atoms with Gasteiger partial charge in [-0.05, 0) is 18.6 Å². The van der Waals surface area contributed by atoms with Gasteiger partial charge in [-0.3, -0.25) is 0 Å². The fraction of sp³-hybridized carbons (Fsp3) is 0.462. The second kappa shape index (κ2) is 6.40. The zero-order valence-electron chi connectivity index (χ0n) is 12.6. The number of ether oxygens (including phenoxy) is 1. The minimum Gasteiger partial charge on any atom is -0.486 e. The summed E-state index contributed by atoms with van der Waals surface area (Å²) in [5, 5.41) is 2.87. The van der Waals surface area contributed by atoms with Gasteiger partial charge in [-0.15, -0.1) is 0 Å². The number of halogens is 2. The van der Waals surface area contributed by atoms with E-state index in [1.54, 1.807) is 0 Å². The molecule has 1 atom stereocenters. The summed E-state index contributed by atoms with van der Waals surface area (Å²) in [7, 11) is -1.99. The Hall–Kier alpha value is -2.14. The lowest BCUT2D eigenvalue weighted by Gasteiger charge is -2.08. The van der Waals surface area contributed by atoms with Crippen LogP contribution in [-0.2, 0) is 10.0 Å². The topological polar surface area (TPSA) is 98.4 Å². The van der Waals surface area contributed by atoms with Gasteiger partial charge in [0.05, 0.1) is 6.20 Å². The van der Waals surface area contributed by atoms with Crippen LogP contribution >= 0.6 is 0 Å². The molecule has 0 spiro atoms. The summed E-state index contributed by atoms with van der Waals surface area (Å²) in [6.07, 6.45) is -0.946. The Morgan fingerprint density at radius 2 is 2.25 bits per heavy atom. The molecule has 1 saturated heterocycles. The highest BCUT2D eigenvalue weighted by Gasteiger charge is 2.41. The van der Waals surface area contributed by atoms with Gasteiger partial charge < -0.3 is 9.26 Å². The van der Waals surface area contributed by atoms with Crippen LogP contribution in [0, 0.1) is 0 Å². The first-order valence-electron chi connectivity index (χ1n) is 7.04. The number of aromatic nitrogens is 3. The summed E-state index contributed by atoms with van der Waals surface area (Å²) >= 11 is 0. The van der Waals surface area contributed by atoms with Crippen LogP contribution in [0.4, 0.5) is 8.78 Å². The van der Waals surface area contributed by atoms with E-state index in [4.69, 9.17) is 9.26 Å². The number of hydrogen-bond acceptors (Lipinski definition) is 7. The zero-order chi connectivity index (χ0) is 17.3. The molecule has 11 heteroatoms. The summed E-state index contributed by atoms with van der Waals surface area (Å²) in [5.74, 6) is 0.312. The highest BCUT2D eigenvalue weighted by molar-refractivity contribution is 7.89. The first-order chi connectivity index (χ1) is 11.4. The molecule has 130 valence electrons. The van der Waals surface area contributed by atoms with Crippen molar-refractivity contribution in [1.82, 2.24) is 19.4 Å². The number of rotatable bonds is 5. The lowest BCUT2D eigenvalue weighted by molar-refractivity contribution is 0.0817. The van der Waals surface area contributed by atoms with Gasteiger partial charge in [0.2, 0.25) is 21.7 Å². The third-order valence-corrected chi connectivity index (χ3v) is 5.77. The van der Waals surface area contributed by atoms with Crippen molar-refractivity contribution in [2.45, 2.75) is 18.1 Å². The smallest absolute Gasteiger partial charge is 0.272 e. The molecule has 2 aromatic heterocycles. The highest BCUT2D eigenvalue weighted by atomic mass is 32.2. The monoisotopic (exact) mass is 360 g/mol. The van der Waals surface area contributed by atoms with E-state index in [1.807, 2.05) is 0 Å². The maximum Gasteiger partial charge on any atom is 0.272 e. The van der Waals surface area contributed by atoms with Gasteiger partial charge in [0, 0.05) is 13.6 Å². The van der Waals surface area contributed by atoms with Gasteiger partial charge in [0.25, 0.3) is 6.43 Å².